The average Bonchev–Trinajstić information content (AvgIpc) is 2.49. The smallest absolute Gasteiger partial charge is 0.231 e. The van der Waals surface area contributed by atoms with Crippen LogP contribution in [-0.2, 0) is 0 Å². The third-order valence-electron chi connectivity index (χ3n) is 1.61. The quantitative estimate of drug-likeness (QED) is 0.421. The molecular formula is C7H8N2O3P-. The summed E-state index contributed by atoms with van der Waals surface area (Å²) in [6.07, 6.45) is 0. The van der Waals surface area contributed by atoms with Crippen LogP contribution in [0.4, 0.5) is 0 Å². The highest BCUT2D eigenvalue weighted by molar-refractivity contribution is 7.44. The van der Waals surface area contributed by atoms with E-state index in [0.717, 1.165) is 5.30 Å². The van der Waals surface area contributed by atoms with Crippen LogP contribution in [-0.4, -0.2) is 11.7 Å². The molecule has 0 amide bonds. The summed E-state index contributed by atoms with van der Waals surface area (Å²) in [7, 11) is -0.0956. The van der Waals surface area contributed by atoms with Crippen LogP contribution in [0.3, 0.4) is 0 Å². The van der Waals surface area contributed by atoms with Gasteiger partial charge in [-0.15, -0.1) is 0 Å². The predicted octanol–water partition coefficient (Wildman–Crippen LogP) is 0.308. The molecule has 70 valence electrons. The number of hydrogen-bond donors (Lipinski definition) is 1. The molecule has 1 aliphatic heterocycles. The van der Waals surface area contributed by atoms with Gasteiger partial charge in [0.05, 0.1) is 0 Å². The summed E-state index contributed by atoms with van der Waals surface area (Å²) in [6.45, 7) is 0.242. The number of fused-ring (bicyclic) bond motifs is 1. The lowest BCUT2D eigenvalue weighted by Gasteiger charge is -2.20. The van der Waals surface area contributed by atoms with Gasteiger partial charge in [0.15, 0.2) is 11.5 Å². The van der Waals surface area contributed by atoms with Crippen LogP contribution in [0.15, 0.2) is 18.2 Å². The van der Waals surface area contributed by atoms with Gasteiger partial charge < -0.3 is 14.7 Å². The van der Waals surface area contributed by atoms with Gasteiger partial charge in [-0.1, -0.05) is 0 Å². The molecule has 0 aromatic heterocycles. The maximum atomic E-state index is 10.5. The zero-order valence-electron chi connectivity index (χ0n) is 6.69. The highest BCUT2D eigenvalue weighted by Gasteiger charge is 2.12. The van der Waals surface area contributed by atoms with Gasteiger partial charge in [0.1, 0.15) is 0 Å². The molecular weight excluding hydrogens is 191 g/mol. The van der Waals surface area contributed by atoms with Crippen molar-refractivity contribution in [2.24, 2.45) is 5.84 Å². The molecule has 1 aromatic rings. The van der Waals surface area contributed by atoms with Gasteiger partial charge in [-0.25, -0.2) is 0 Å². The molecule has 0 spiro atoms. The van der Waals surface area contributed by atoms with Crippen molar-refractivity contribution in [3.63, 3.8) is 0 Å². The van der Waals surface area contributed by atoms with Crippen molar-refractivity contribution in [2.45, 2.75) is 0 Å². The van der Waals surface area contributed by atoms with Crippen molar-refractivity contribution in [3.05, 3.63) is 23.4 Å². The van der Waals surface area contributed by atoms with Crippen molar-refractivity contribution >= 4 is 14.0 Å². The Morgan fingerprint density at radius 1 is 1.38 bits per heavy atom. The van der Waals surface area contributed by atoms with Gasteiger partial charge >= 0.3 is 0 Å². The maximum Gasteiger partial charge on any atom is 0.231 e. The summed E-state index contributed by atoms with van der Waals surface area (Å²) in [5, 5.41) is 11.4. The summed E-state index contributed by atoms with van der Waals surface area (Å²) in [6, 6.07) is 5.33. The molecule has 0 saturated carbocycles. The fourth-order valence-electron chi connectivity index (χ4n) is 1.09. The molecule has 1 aromatic carbocycles. The molecule has 0 saturated heterocycles. The Bertz CT molecular complexity index is 319. The SMILES string of the molecule is NN([O-])Pc1ccc2c(c1)OCO2. The van der Waals surface area contributed by atoms with Crippen molar-refractivity contribution in [3.8, 4) is 11.5 Å². The standard InChI is InChI=1S/C7H8N2O3P/c8-9(10)13-5-1-2-6-7(3-5)12-4-11-6/h1-3,13H,4,8H2/q-1. The zero-order chi connectivity index (χ0) is 9.26. The van der Waals surface area contributed by atoms with E-state index >= 15 is 0 Å². The van der Waals surface area contributed by atoms with Crippen LogP contribution in [0.25, 0.3) is 0 Å². The Kier molecular flexibility index (Phi) is 2.33. The van der Waals surface area contributed by atoms with E-state index < -0.39 is 0 Å². The molecule has 2 N–H and O–H groups in total. The number of hydrogen-bond acceptors (Lipinski definition) is 5. The molecule has 6 heteroatoms. The minimum absolute atomic E-state index is 0.0956. The fraction of sp³-hybridized carbons (Fsp3) is 0.143. The molecule has 1 atom stereocenters. The first kappa shape index (κ1) is 8.72. The Morgan fingerprint density at radius 2 is 2.15 bits per heavy atom. The van der Waals surface area contributed by atoms with E-state index in [-0.39, 0.29) is 15.5 Å². The summed E-state index contributed by atoms with van der Waals surface area (Å²) >= 11 is 0. The van der Waals surface area contributed by atoms with E-state index in [1.54, 1.807) is 18.2 Å². The number of hydrazine groups is 1. The highest BCUT2D eigenvalue weighted by atomic mass is 31.1. The highest BCUT2D eigenvalue weighted by Crippen LogP contribution is 2.31. The van der Waals surface area contributed by atoms with Gasteiger partial charge in [-0.2, -0.15) is 0 Å². The second-order valence-corrected chi connectivity index (χ2v) is 3.75. The number of benzene rings is 1. The van der Waals surface area contributed by atoms with Crippen molar-refractivity contribution < 1.29 is 9.47 Å². The topological polar surface area (TPSA) is 70.8 Å². The van der Waals surface area contributed by atoms with E-state index in [0.29, 0.717) is 16.4 Å². The van der Waals surface area contributed by atoms with Crippen LogP contribution < -0.4 is 20.6 Å². The second-order valence-electron chi connectivity index (χ2n) is 2.51. The lowest BCUT2D eigenvalue weighted by Crippen LogP contribution is -2.16. The summed E-state index contributed by atoms with van der Waals surface area (Å²) in [5.74, 6) is 6.37. The largest absolute Gasteiger partial charge is 0.768 e. The van der Waals surface area contributed by atoms with Gasteiger partial charge in [0.2, 0.25) is 6.79 Å². The minimum atomic E-state index is -0.0956. The van der Waals surface area contributed by atoms with E-state index in [1.807, 2.05) is 0 Å². The van der Waals surface area contributed by atoms with E-state index in [2.05, 4.69) is 0 Å². The molecule has 13 heavy (non-hydrogen) atoms. The van der Waals surface area contributed by atoms with E-state index in [4.69, 9.17) is 15.3 Å². The van der Waals surface area contributed by atoms with Crippen LogP contribution in [0, 0.1) is 5.21 Å². The Morgan fingerprint density at radius 3 is 2.92 bits per heavy atom. The van der Waals surface area contributed by atoms with E-state index in [9.17, 15) is 5.21 Å². The third-order valence-corrected chi connectivity index (χ3v) is 2.40. The van der Waals surface area contributed by atoms with Gasteiger partial charge in [-0.3, -0.25) is 10.8 Å². The first-order valence-corrected chi connectivity index (χ1v) is 4.59. The van der Waals surface area contributed by atoms with E-state index in [1.165, 1.54) is 0 Å². The van der Waals surface area contributed by atoms with Crippen molar-refractivity contribution in [2.75, 3.05) is 6.79 Å². The van der Waals surface area contributed by atoms with Crippen LogP contribution in [0.2, 0.25) is 0 Å². The minimum Gasteiger partial charge on any atom is -0.768 e. The third kappa shape index (κ3) is 1.89. The number of rotatable bonds is 2. The van der Waals surface area contributed by atoms with Crippen molar-refractivity contribution in [1.82, 2.24) is 4.94 Å². The van der Waals surface area contributed by atoms with Gasteiger partial charge in [-0.05, 0) is 32.2 Å². The Balaban J connectivity index is 2.21. The van der Waals surface area contributed by atoms with Gasteiger partial charge in [0.25, 0.3) is 0 Å². The fourth-order valence-corrected chi connectivity index (χ4v) is 1.70. The summed E-state index contributed by atoms with van der Waals surface area (Å²) in [4.78, 5) is 0.400. The summed E-state index contributed by atoms with van der Waals surface area (Å²) in [5.41, 5.74) is 0. The number of nitrogens with zero attached hydrogens (tertiary/aromatic N) is 1. The monoisotopic (exact) mass is 199 g/mol. The predicted molar refractivity (Wildman–Crippen MR) is 49.9 cm³/mol. The maximum absolute atomic E-state index is 10.5. The average molecular weight is 199 g/mol. The number of nitrogens with two attached hydrogens (primary N) is 1. The Hall–Kier alpha value is -0.870. The lowest BCUT2D eigenvalue weighted by molar-refractivity contribution is 0.174. The molecule has 5 nitrogen and oxygen atoms in total. The second kappa shape index (κ2) is 3.47. The zero-order valence-corrected chi connectivity index (χ0v) is 7.69. The lowest BCUT2D eigenvalue weighted by atomic mass is 10.3. The Labute approximate surface area is 76.8 Å². The van der Waals surface area contributed by atoms with Crippen LogP contribution >= 0.6 is 8.73 Å². The first-order valence-electron chi connectivity index (χ1n) is 3.64. The first-order chi connectivity index (χ1) is 6.25. The molecule has 0 bridgehead atoms. The van der Waals surface area contributed by atoms with Crippen LogP contribution in [0.5, 0.6) is 11.5 Å². The number of ether oxygens (including phenoxy) is 2. The van der Waals surface area contributed by atoms with Crippen LogP contribution in [0.1, 0.15) is 0 Å². The molecule has 0 aliphatic carbocycles. The normalized spacial score (nSPS) is 14.7. The molecule has 1 unspecified atom stereocenters. The molecule has 0 radical (unpaired) electrons. The summed E-state index contributed by atoms with van der Waals surface area (Å²) < 4.78 is 10.3. The molecule has 1 aliphatic rings. The molecule has 2 rings (SSSR count). The van der Waals surface area contributed by atoms with Gasteiger partial charge in [0, 0.05) is 0 Å². The molecule has 0 fully saturated rings. The molecule has 1 heterocycles. The van der Waals surface area contributed by atoms with Crippen molar-refractivity contribution in [1.29, 1.82) is 0 Å².